The number of likely N-dealkylation sites (tertiary alicyclic amines) is 1. The number of aromatic nitrogens is 1. The number of amides is 2. The summed E-state index contributed by atoms with van der Waals surface area (Å²) in [5.41, 5.74) is 2.66. The molecule has 4 heterocycles. The van der Waals surface area contributed by atoms with Crippen LogP contribution in [-0.4, -0.2) is 47.8 Å². The van der Waals surface area contributed by atoms with Crippen LogP contribution in [0.25, 0.3) is 5.69 Å². The second kappa shape index (κ2) is 6.81. The van der Waals surface area contributed by atoms with Gasteiger partial charge in [-0.2, -0.15) is 0 Å². The van der Waals surface area contributed by atoms with Crippen molar-refractivity contribution in [1.82, 2.24) is 14.8 Å². The van der Waals surface area contributed by atoms with Crippen molar-refractivity contribution < 1.29 is 13.9 Å². The molecule has 1 unspecified atom stereocenters. The Balaban J connectivity index is 1.30. The maximum absolute atomic E-state index is 13.8. The Hall–Kier alpha value is -2.54. The molecule has 0 bridgehead atoms. The van der Waals surface area contributed by atoms with Gasteiger partial charge in [0, 0.05) is 38.1 Å². The Kier molecular flexibility index (Phi) is 4.27. The average Bonchev–Trinajstić information content (AvgIpc) is 3.39. The van der Waals surface area contributed by atoms with Crippen LogP contribution in [0.2, 0.25) is 0 Å². The lowest BCUT2D eigenvalue weighted by atomic mass is 9.82. The highest BCUT2D eigenvalue weighted by molar-refractivity contribution is 5.74. The first-order valence-electron chi connectivity index (χ1n) is 10.0. The fraction of sp³-hybridized carbons (Fsp3) is 0.476. The van der Waals surface area contributed by atoms with Crippen LogP contribution in [0.5, 0.6) is 0 Å². The van der Waals surface area contributed by atoms with Crippen molar-refractivity contribution in [2.45, 2.75) is 37.3 Å². The maximum atomic E-state index is 13.8. The zero-order chi connectivity index (χ0) is 19.1. The van der Waals surface area contributed by atoms with Gasteiger partial charge in [-0.3, -0.25) is 0 Å². The van der Waals surface area contributed by atoms with E-state index in [1.165, 1.54) is 11.8 Å². The van der Waals surface area contributed by atoms with Crippen LogP contribution in [0.3, 0.4) is 0 Å². The molecule has 28 heavy (non-hydrogen) atoms. The summed E-state index contributed by atoms with van der Waals surface area (Å²) in [5, 5.41) is 6.60. The van der Waals surface area contributed by atoms with Gasteiger partial charge in [-0.15, -0.1) is 0 Å². The molecule has 6 nitrogen and oxygen atoms in total. The smallest absolute Gasteiger partial charge is 0.317 e. The normalized spacial score (nSPS) is 22.5. The molecule has 1 aromatic carbocycles. The highest BCUT2D eigenvalue weighted by Crippen LogP contribution is 2.43. The number of piperidine rings is 1. The van der Waals surface area contributed by atoms with Gasteiger partial charge < -0.3 is 24.8 Å². The van der Waals surface area contributed by atoms with Gasteiger partial charge in [-0.25, -0.2) is 9.18 Å². The van der Waals surface area contributed by atoms with Crippen LogP contribution in [0.1, 0.15) is 31.4 Å². The van der Waals surface area contributed by atoms with Crippen LogP contribution < -0.4 is 10.6 Å². The second-order valence-corrected chi connectivity index (χ2v) is 7.94. The van der Waals surface area contributed by atoms with Crippen molar-refractivity contribution in [1.29, 1.82) is 0 Å². The summed E-state index contributed by atoms with van der Waals surface area (Å²) >= 11 is 0. The topological polar surface area (TPSA) is 58.5 Å². The maximum Gasteiger partial charge on any atom is 0.317 e. The number of hydrogen-bond acceptors (Lipinski definition) is 3. The summed E-state index contributed by atoms with van der Waals surface area (Å²) in [7, 11) is 0. The predicted molar refractivity (Wildman–Crippen MR) is 104 cm³/mol. The summed E-state index contributed by atoms with van der Waals surface area (Å²) in [4.78, 5) is 14.4. The number of nitrogens with zero attached hydrogens (tertiary/aromatic N) is 2. The van der Waals surface area contributed by atoms with E-state index in [2.05, 4.69) is 21.3 Å². The van der Waals surface area contributed by atoms with Crippen LogP contribution >= 0.6 is 0 Å². The number of rotatable bonds is 2. The Morgan fingerprint density at radius 1 is 1.32 bits per heavy atom. The molecule has 0 radical (unpaired) electrons. The molecule has 148 valence electrons. The number of anilines is 1. The first kappa shape index (κ1) is 17.6. The van der Waals surface area contributed by atoms with Crippen LogP contribution in [0.4, 0.5) is 14.9 Å². The summed E-state index contributed by atoms with van der Waals surface area (Å²) in [5.74, 6) is -0.247. The first-order chi connectivity index (χ1) is 13.6. The Bertz CT molecular complexity index is 882. The van der Waals surface area contributed by atoms with Gasteiger partial charge in [0.25, 0.3) is 0 Å². The van der Waals surface area contributed by atoms with E-state index in [9.17, 15) is 9.18 Å². The highest BCUT2D eigenvalue weighted by Gasteiger charge is 2.42. The van der Waals surface area contributed by atoms with Crippen LogP contribution in [0, 0.1) is 5.82 Å². The third kappa shape index (κ3) is 2.94. The summed E-state index contributed by atoms with van der Waals surface area (Å²) in [6.45, 7) is 2.68. The van der Waals surface area contributed by atoms with E-state index < -0.39 is 0 Å². The van der Waals surface area contributed by atoms with E-state index in [4.69, 9.17) is 4.74 Å². The highest BCUT2D eigenvalue weighted by atomic mass is 19.1. The standard InChI is InChI=1S/C21H25FN4O2/c22-15-5-6-18-17(13-15)24-21(19-4-1-9-26(18)19)7-10-25(11-8-21)20(27)23-14-16-3-2-12-28-16/h1,4-6,9,13,16,24H,2-3,7-8,10-12,14H2,(H,23,27). The van der Waals surface area contributed by atoms with Crippen molar-refractivity contribution in [3.63, 3.8) is 0 Å². The zero-order valence-corrected chi connectivity index (χ0v) is 15.8. The molecule has 5 rings (SSSR count). The first-order valence-corrected chi connectivity index (χ1v) is 10.0. The molecular weight excluding hydrogens is 359 g/mol. The summed E-state index contributed by atoms with van der Waals surface area (Å²) < 4.78 is 21.5. The van der Waals surface area contributed by atoms with Crippen molar-refractivity contribution in [3.05, 3.63) is 48.0 Å². The second-order valence-electron chi connectivity index (χ2n) is 7.94. The molecule has 3 aliphatic rings. The third-order valence-electron chi connectivity index (χ3n) is 6.24. The van der Waals surface area contributed by atoms with E-state index in [0.717, 1.165) is 43.7 Å². The minimum Gasteiger partial charge on any atom is -0.376 e. The number of benzene rings is 1. The minimum absolute atomic E-state index is 0.0250. The predicted octanol–water partition coefficient (Wildman–Crippen LogP) is 3.22. The molecule has 1 aromatic heterocycles. The molecule has 7 heteroatoms. The van der Waals surface area contributed by atoms with Crippen molar-refractivity contribution >= 4 is 11.7 Å². The molecule has 2 saturated heterocycles. The van der Waals surface area contributed by atoms with Gasteiger partial charge in [-0.05, 0) is 56.0 Å². The molecule has 2 fully saturated rings. The number of nitrogens with one attached hydrogen (secondary N) is 2. The van der Waals surface area contributed by atoms with Gasteiger partial charge >= 0.3 is 6.03 Å². The van der Waals surface area contributed by atoms with Crippen molar-refractivity contribution in [3.8, 4) is 5.69 Å². The van der Waals surface area contributed by atoms with Gasteiger partial charge in [0.05, 0.1) is 23.0 Å². The molecular formula is C21H25FN4O2. The number of ether oxygens (including phenoxy) is 1. The number of halogens is 1. The number of carbonyl (C=O) groups is 1. The number of carbonyl (C=O) groups excluding carboxylic acids is 1. The Morgan fingerprint density at radius 3 is 2.96 bits per heavy atom. The fourth-order valence-corrected chi connectivity index (χ4v) is 4.71. The molecule has 3 aliphatic heterocycles. The monoisotopic (exact) mass is 384 g/mol. The Morgan fingerprint density at radius 2 is 2.18 bits per heavy atom. The van der Waals surface area contributed by atoms with E-state index in [-0.39, 0.29) is 23.5 Å². The van der Waals surface area contributed by atoms with Crippen LogP contribution in [0.15, 0.2) is 36.5 Å². The van der Waals surface area contributed by atoms with Crippen molar-refractivity contribution in [2.75, 3.05) is 31.6 Å². The van der Waals surface area contributed by atoms with E-state index in [0.29, 0.717) is 19.6 Å². The third-order valence-corrected chi connectivity index (χ3v) is 6.24. The molecule has 0 saturated carbocycles. The van der Waals surface area contributed by atoms with Crippen molar-refractivity contribution in [2.24, 2.45) is 0 Å². The fourth-order valence-electron chi connectivity index (χ4n) is 4.71. The average molecular weight is 384 g/mol. The molecule has 1 spiro atoms. The molecule has 2 amide bonds. The lowest BCUT2D eigenvalue weighted by molar-refractivity contribution is 0.106. The van der Waals surface area contributed by atoms with Gasteiger partial charge in [0.2, 0.25) is 0 Å². The summed E-state index contributed by atoms with van der Waals surface area (Å²) in [6.07, 6.45) is 5.81. The molecule has 2 aromatic rings. The molecule has 1 atom stereocenters. The quantitative estimate of drug-likeness (QED) is 0.836. The number of hydrogen-bond donors (Lipinski definition) is 2. The van der Waals surface area contributed by atoms with E-state index in [1.807, 2.05) is 23.2 Å². The van der Waals surface area contributed by atoms with Crippen LogP contribution in [-0.2, 0) is 10.3 Å². The summed E-state index contributed by atoms with van der Waals surface area (Å²) in [6, 6.07) is 8.97. The van der Waals surface area contributed by atoms with Gasteiger partial charge in [0.15, 0.2) is 0 Å². The minimum atomic E-state index is -0.282. The lowest BCUT2D eigenvalue weighted by Gasteiger charge is -2.46. The SMILES string of the molecule is O=C(NCC1CCCO1)N1CCC2(CC1)Nc1cc(F)ccc1-n1cccc12. The number of urea groups is 1. The molecule has 2 N–H and O–H groups in total. The zero-order valence-electron chi connectivity index (χ0n) is 15.8. The largest absolute Gasteiger partial charge is 0.376 e. The molecule has 0 aliphatic carbocycles. The van der Waals surface area contributed by atoms with E-state index in [1.54, 1.807) is 6.07 Å². The Labute approximate surface area is 163 Å². The van der Waals surface area contributed by atoms with E-state index >= 15 is 0 Å². The lowest BCUT2D eigenvalue weighted by Crippen LogP contribution is -2.53. The van der Waals surface area contributed by atoms with Gasteiger partial charge in [-0.1, -0.05) is 0 Å². The van der Waals surface area contributed by atoms with Gasteiger partial charge in [0.1, 0.15) is 5.82 Å². The number of fused-ring (bicyclic) bond motifs is 4.